The van der Waals surface area contributed by atoms with Crippen LogP contribution >= 0.6 is 24.0 Å². The van der Waals surface area contributed by atoms with Crippen molar-refractivity contribution in [2.24, 2.45) is 0 Å². The van der Waals surface area contributed by atoms with E-state index in [-0.39, 0.29) is 24.0 Å². The molecule has 0 radical (unpaired) electrons. The summed E-state index contributed by atoms with van der Waals surface area (Å²) in [6.07, 6.45) is 15.7. The fourth-order valence-electron chi connectivity index (χ4n) is 1.59. The quantitative estimate of drug-likeness (QED) is 0.657. The predicted molar refractivity (Wildman–Crippen MR) is 62.8 cm³/mol. The summed E-state index contributed by atoms with van der Waals surface area (Å²) in [5.41, 5.74) is 3.20. The third kappa shape index (κ3) is 2.76. The van der Waals surface area contributed by atoms with E-state index < -0.39 is 0 Å². The van der Waals surface area contributed by atoms with E-state index in [1.807, 2.05) is 0 Å². The van der Waals surface area contributed by atoms with Crippen LogP contribution in [0.4, 0.5) is 0 Å². The molecule has 0 aliphatic heterocycles. The Bertz CT molecular complexity index is 267. The standard InChI is InChI=1S/C11H11.HI.Zr/c1-2-6-10(5-1)9-11-7-3-4-8-11;;/h1-5,7,9H,6,8H2;1H;. The molecule has 0 aromatic heterocycles. The second-order valence-electron chi connectivity index (χ2n) is 3.18. The Kier molecular flexibility index (Phi) is 4.89. The first-order valence-corrected chi connectivity index (χ1v) is 5.72. The molecule has 0 saturated heterocycles. The molecule has 0 N–H and O–H groups in total. The monoisotopic (exact) mass is 361 g/mol. The van der Waals surface area contributed by atoms with Gasteiger partial charge in [-0.1, -0.05) is 0 Å². The summed E-state index contributed by atoms with van der Waals surface area (Å²) >= 11 is 1.63. The number of hydrogen-bond acceptors (Lipinski definition) is 0. The molecule has 2 rings (SSSR count). The summed E-state index contributed by atoms with van der Waals surface area (Å²) in [6.45, 7) is 0. The van der Waals surface area contributed by atoms with Crippen molar-refractivity contribution in [3.8, 4) is 0 Å². The Morgan fingerprint density at radius 2 is 1.46 bits per heavy atom. The first-order valence-electron chi connectivity index (χ1n) is 4.30. The van der Waals surface area contributed by atoms with Crippen molar-refractivity contribution in [2.75, 3.05) is 0 Å². The van der Waals surface area contributed by atoms with Crippen LogP contribution in [0.15, 0.2) is 47.6 Å². The zero-order valence-electron chi connectivity index (χ0n) is 7.36. The van der Waals surface area contributed by atoms with Gasteiger partial charge >= 0.3 is 88.8 Å². The van der Waals surface area contributed by atoms with Gasteiger partial charge in [0.05, 0.1) is 0 Å². The maximum absolute atomic E-state index is 2.28. The van der Waals surface area contributed by atoms with Crippen LogP contribution in [0.25, 0.3) is 0 Å². The van der Waals surface area contributed by atoms with Gasteiger partial charge in [0.2, 0.25) is 0 Å². The average molecular weight is 362 g/mol. The molecule has 2 aliphatic carbocycles. The Morgan fingerprint density at radius 3 is 1.77 bits per heavy atom. The van der Waals surface area contributed by atoms with Crippen LogP contribution in [0, 0.1) is 0 Å². The number of hydrogen-bond donors (Lipinski definition) is 0. The fraction of sp³-hybridized carbons (Fsp3) is 0.273. The molecular weight excluding hydrogens is 350 g/mol. The van der Waals surface area contributed by atoms with E-state index in [0.29, 0.717) is 0 Å². The molecule has 0 amide bonds. The molecule has 0 aromatic carbocycles. The van der Waals surface area contributed by atoms with Gasteiger partial charge < -0.3 is 0 Å². The third-order valence-electron chi connectivity index (χ3n) is 2.34. The normalized spacial score (nSPS) is 18.8. The van der Waals surface area contributed by atoms with Gasteiger partial charge in [-0.05, 0) is 0 Å². The van der Waals surface area contributed by atoms with E-state index in [9.17, 15) is 0 Å². The predicted octanol–water partition coefficient (Wildman–Crippen LogP) is 3.71. The molecule has 0 heterocycles. The Morgan fingerprint density at radius 1 is 1.00 bits per heavy atom. The van der Waals surface area contributed by atoms with Crippen molar-refractivity contribution in [1.82, 2.24) is 0 Å². The van der Waals surface area contributed by atoms with Gasteiger partial charge in [-0.2, -0.15) is 0 Å². The van der Waals surface area contributed by atoms with Gasteiger partial charge in [-0.15, -0.1) is 24.0 Å². The molecule has 0 saturated carbocycles. The van der Waals surface area contributed by atoms with Crippen LogP contribution < -0.4 is 0 Å². The maximum atomic E-state index is 2.28. The fourth-order valence-corrected chi connectivity index (χ4v) is 2.65. The summed E-state index contributed by atoms with van der Waals surface area (Å²) < 4.78 is 0.738. The zero-order chi connectivity index (χ0) is 8.39. The Hall–Kier alpha value is 0.573. The first-order chi connectivity index (χ1) is 5.88. The van der Waals surface area contributed by atoms with E-state index in [1.54, 1.807) is 35.9 Å². The van der Waals surface area contributed by atoms with E-state index in [4.69, 9.17) is 0 Å². The molecule has 2 heteroatoms. The van der Waals surface area contributed by atoms with Gasteiger partial charge in [-0.3, -0.25) is 0 Å². The minimum atomic E-state index is 0. The molecule has 0 aromatic rings. The first kappa shape index (κ1) is 11.6. The van der Waals surface area contributed by atoms with Crippen molar-refractivity contribution in [2.45, 2.75) is 16.5 Å². The molecule has 0 unspecified atom stereocenters. The van der Waals surface area contributed by atoms with Gasteiger partial charge in [0.1, 0.15) is 0 Å². The second kappa shape index (κ2) is 5.45. The Labute approximate surface area is 112 Å². The van der Waals surface area contributed by atoms with Crippen LogP contribution in [-0.4, -0.2) is 0 Å². The van der Waals surface area contributed by atoms with E-state index in [2.05, 4.69) is 36.5 Å². The van der Waals surface area contributed by atoms with Crippen LogP contribution in [0.5, 0.6) is 0 Å². The second-order valence-corrected chi connectivity index (χ2v) is 4.60. The molecule has 0 spiro atoms. The number of rotatable bonds is 2. The van der Waals surface area contributed by atoms with Crippen molar-refractivity contribution in [1.29, 1.82) is 0 Å². The summed E-state index contributed by atoms with van der Waals surface area (Å²) in [5.74, 6) is 0. The van der Waals surface area contributed by atoms with Gasteiger partial charge in [0.15, 0.2) is 0 Å². The van der Waals surface area contributed by atoms with Gasteiger partial charge in [0, 0.05) is 0 Å². The van der Waals surface area contributed by atoms with Gasteiger partial charge in [0.25, 0.3) is 0 Å². The molecule has 0 bridgehead atoms. The van der Waals surface area contributed by atoms with Crippen LogP contribution in [0.1, 0.15) is 12.8 Å². The molecule has 0 atom stereocenters. The summed E-state index contributed by atoms with van der Waals surface area (Å²) in [6, 6.07) is 0. The van der Waals surface area contributed by atoms with Crippen LogP contribution in [-0.2, 0) is 24.7 Å². The topological polar surface area (TPSA) is 0 Å². The van der Waals surface area contributed by atoms with E-state index in [0.717, 1.165) is 3.63 Å². The van der Waals surface area contributed by atoms with Crippen molar-refractivity contribution < 1.29 is 24.7 Å². The van der Waals surface area contributed by atoms with Crippen molar-refractivity contribution in [3.05, 3.63) is 47.6 Å². The average Bonchev–Trinajstić information content (AvgIpc) is 2.77. The summed E-state index contributed by atoms with van der Waals surface area (Å²) in [5, 5.41) is 0. The number of allylic oxidation sites excluding steroid dienone is 8. The van der Waals surface area contributed by atoms with Crippen molar-refractivity contribution in [3.63, 3.8) is 0 Å². The molecule has 2 aliphatic rings. The van der Waals surface area contributed by atoms with Crippen LogP contribution in [0.3, 0.4) is 0 Å². The molecular formula is C11H12IZr. The van der Waals surface area contributed by atoms with Crippen LogP contribution in [0.2, 0.25) is 3.63 Å². The molecule has 0 fully saturated rings. The summed E-state index contributed by atoms with van der Waals surface area (Å²) in [4.78, 5) is 0. The van der Waals surface area contributed by atoms with Gasteiger partial charge in [-0.25, -0.2) is 0 Å². The zero-order valence-corrected chi connectivity index (χ0v) is 12.2. The third-order valence-corrected chi connectivity index (χ3v) is 4.16. The van der Waals surface area contributed by atoms with Crippen molar-refractivity contribution >= 4 is 24.0 Å². The molecule has 67 valence electrons. The summed E-state index contributed by atoms with van der Waals surface area (Å²) in [7, 11) is 0. The number of halogens is 1. The SMILES string of the molecule is I.[Zr][CH](C1=CC=CC1)C1=CC=CC1. The van der Waals surface area contributed by atoms with E-state index >= 15 is 0 Å². The molecule has 13 heavy (non-hydrogen) atoms. The Balaban J connectivity index is 0.000000845. The molecule has 0 nitrogen and oxygen atoms in total. The minimum absolute atomic E-state index is 0. The van der Waals surface area contributed by atoms with E-state index in [1.165, 1.54) is 12.8 Å².